The Morgan fingerprint density at radius 2 is 1.91 bits per heavy atom. The van der Waals surface area contributed by atoms with Gasteiger partial charge in [-0.3, -0.25) is 19.4 Å². The van der Waals surface area contributed by atoms with Gasteiger partial charge in [0, 0.05) is 62.6 Å². The fourth-order valence-corrected chi connectivity index (χ4v) is 4.78. The minimum atomic E-state index is -0.0554. The number of hydrogen-bond acceptors (Lipinski definition) is 6. The van der Waals surface area contributed by atoms with Crippen LogP contribution in [0, 0.1) is 10.7 Å². The van der Waals surface area contributed by atoms with E-state index in [9.17, 15) is 4.79 Å². The van der Waals surface area contributed by atoms with Gasteiger partial charge < -0.3 is 15.0 Å². The van der Waals surface area contributed by atoms with Crippen molar-refractivity contribution in [1.82, 2.24) is 19.7 Å². The summed E-state index contributed by atoms with van der Waals surface area (Å²) in [5.41, 5.74) is 2.88. The molecule has 5 rings (SSSR count). The normalized spacial score (nSPS) is 16.3. The van der Waals surface area contributed by atoms with Crippen molar-refractivity contribution in [2.75, 3.05) is 50.1 Å². The molecule has 1 saturated heterocycles. The molecule has 1 amide bonds. The molecule has 184 valence electrons. The van der Waals surface area contributed by atoms with E-state index in [1.54, 1.807) is 7.11 Å². The fourth-order valence-electron chi connectivity index (χ4n) is 4.56. The van der Waals surface area contributed by atoms with Gasteiger partial charge in [-0.1, -0.05) is 6.07 Å². The molecule has 1 aliphatic carbocycles. The van der Waals surface area contributed by atoms with Crippen LogP contribution in [0.1, 0.15) is 19.3 Å². The molecule has 2 aromatic carbocycles. The van der Waals surface area contributed by atoms with Gasteiger partial charge in [-0.15, -0.1) is 0 Å². The highest BCUT2D eigenvalue weighted by Crippen LogP contribution is 2.30. The molecule has 1 saturated carbocycles. The van der Waals surface area contributed by atoms with E-state index >= 15 is 0 Å². The number of carbonyl (C=O) groups excluding carboxylic acids is 1. The van der Waals surface area contributed by atoms with Gasteiger partial charge in [-0.05, 0) is 73.4 Å². The molecule has 9 heteroatoms. The molecular formula is C26H32N6O2S. The largest absolute Gasteiger partial charge is 0.497 e. The van der Waals surface area contributed by atoms with Crippen molar-refractivity contribution in [1.29, 1.82) is 0 Å². The van der Waals surface area contributed by atoms with Gasteiger partial charge in [0.05, 0.1) is 7.11 Å². The number of hydrogen-bond donors (Lipinski definition) is 2. The first-order valence-corrected chi connectivity index (χ1v) is 12.7. The van der Waals surface area contributed by atoms with Crippen LogP contribution in [0.3, 0.4) is 0 Å². The van der Waals surface area contributed by atoms with E-state index in [0.29, 0.717) is 23.6 Å². The van der Waals surface area contributed by atoms with Gasteiger partial charge >= 0.3 is 0 Å². The Kier molecular flexibility index (Phi) is 7.15. The molecule has 3 aromatic rings. The van der Waals surface area contributed by atoms with Crippen LogP contribution in [0.2, 0.25) is 0 Å². The number of amides is 1. The predicted molar refractivity (Wildman–Crippen MR) is 140 cm³/mol. The van der Waals surface area contributed by atoms with Crippen molar-refractivity contribution in [3.8, 4) is 17.1 Å². The van der Waals surface area contributed by atoms with Gasteiger partial charge in [0.2, 0.25) is 5.91 Å². The average molecular weight is 493 g/mol. The van der Waals surface area contributed by atoms with Crippen LogP contribution in [-0.2, 0) is 11.3 Å². The highest BCUT2D eigenvalue weighted by molar-refractivity contribution is 7.71. The minimum Gasteiger partial charge on any atom is -0.497 e. The lowest BCUT2D eigenvalue weighted by Crippen LogP contribution is -2.47. The summed E-state index contributed by atoms with van der Waals surface area (Å²) in [6.07, 6.45) is 3.09. The second-order valence-corrected chi connectivity index (χ2v) is 9.70. The van der Waals surface area contributed by atoms with Crippen molar-refractivity contribution >= 4 is 29.5 Å². The van der Waals surface area contributed by atoms with Crippen LogP contribution in [0.25, 0.3) is 11.4 Å². The molecule has 2 N–H and O–H groups in total. The van der Waals surface area contributed by atoms with Gasteiger partial charge in [-0.25, -0.2) is 0 Å². The first-order valence-electron chi connectivity index (χ1n) is 12.3. The van der Waals surface area contributed by atoms with E-state index in [4.69, 9.17) is 17.0 Å². The second-order valence-electron chi connectivity index (χ2n) is 9.31. The molecule has 0 atom stereocenters. The lowest BCUT2D eigenvalue weighted by atomic mass is 10.2. The third-order valence-corrected chi connectivity index (χ3v) is 7.06. The standard InChI is InChI=1S/C26H32N6O2S/c1-34-23-9-7-20(8-10-23)25-28-29-26(35)32(25)12-11-24(33)27-21-3-2-4-22(17-21)31-15-13-30(14-16-31)18-19-5-6-19/h2-4,7-10,17,19H,5-6,11-16,18H2,1H3,(H,27,33)(H,29,35). The monoisotopic (exact) mass is 492 g/mol. The Balaban J connectivity index is 1.17. The van der Waals surface area contributed by atoms with Gasteiger partial charge in [0.25, 0.3) is 0 Å². The number of carbonyl (C=O) groups is 1. The number of ether oxygens (including phenoxy) is 1. The van der Waals surface area contributed by atoms with E-state index < -0.39 is 0 Å². The van der Waals surface area contributed by atoms with Gasteiger partial charge in [0.15, 0.2) is 10.6 Å². The maximum Gasteiger partial charge on any atom is 0.226 e. The van der Waals surface area contributed by atoms with Crippen molar-refractivity contribution in [2.45, 2.75) is 25.8 Å². The average Bonchev–Trinajstić information content (AvgIpc) is 3.63. The summed E-state index contributed by atoms with van der Waals surface area (Å²) in [4.78, 5) is 17.8. The number of piperazine rings is 1. The summed E-state index contributed by atoms with van der Waals surface area (Å²) >= 11 is 5.41. The zero-order valence-corrected chi connectivity index (χ0v) is 20.9. The Bertz CT molecular complexity index is 1210. The summed E-state index contributed by atoms with van der Waals surface area (Å²) in [5.74, 6) is 2.36. The van der Waals surface area contributed by atoms with Crippen LogP contribution < -0.4 is 15.0 Å². The molecular weight excluding hydrogens is 460 g/mol. The molecule has 0 bridgehead atoms. The molecule has 1 aliphatic heterocycles. The van der Waals surface area contributed by atoms with Crippen molar-refractivity contribution in [3.63, 3.8) is 0 Å². The zero-order valence-electron chi connectivity index (χ0n) is 20.1. The van der Waals surface area contributed by atoms with Crippen molar-refractivity contribution in [2.24, 2.45) is 5.92 Å². The molecule has 1 aromatic heterocycles. The van der Waals surface area contributed by atoms with E-state index in [1.807, 2.05) is 41.0 Å². The lowest BCUT2D eigenvalue weighted by Gasteiger charge is -2.36. The first-order chi connectivity index (χ1) is 17.1. The predicted octanol–water partition coefficient (Wildman–Crippen LogP) is 4.18. The van der Waals surface area contributed by atoms with Crippen LogP contribution >= 0.6 is 12.2 Å². The van der Waals surface area contributed by atoms with Gasteiger partial charge in [0.1, 0.15) is 5.75 Å². The van der Waals surface area contributed by atoms with E-state index in [-0.39, 0.29) is 5.91 Å². The molecule has 35 heavy (non-hydrogen) atoms. The summed E-state index contributed by atoms with van der Waals surface area (Å²) in [6, 6.07) is 15.8. The van der Waals surface area contributed by atoms with E-state index in [2.05, 4.69) is 37.4 Å². The SMILES string of the molecule is COc1ccc(-c2n[nH]c(=S)n2CCC(=O)Nc2cccc(N3CCN(CC4CC4)CC3)c2)cc1. The smallest absolute Gasteiger partial charge is 0.226 e. The van der Waals surface area contributed by atoms with Crippen LogP contribution in [0.5, 0.6) is 5.75 Å². The number of methoxy groups -OCH3 is 1. The number of nitrogens with one attached hydrogen (secondary N) is 2. The number of rotatable bonds is 9. The number of H-pyrrole nitrogens is 1. The Morgan fingerprint density at radius 1 is 1.14 bits per heavy atom. The first kappa shape index (κ1) is 23.6. The Morgan fingerprint density at radius 3 is 2.63 bits per heavy atom. The molecule has 0 radical (unpaired) electrons. The summed E-state index contributed by atoms with van der Waals surface area (Å²) < 4.78 is 7.58. The Hall–Kier alpha value is -3.17. The quantitative estimate of drug-likeness (QED) is 0.437. The van der Waals surface area contributed by atoms with Crippen molar-refractivity contribution in [3.05, 3.63) is 53.3 Å². The third-order valence-electron chi connectivity index (χ3n) is 6.75. The number of anilines is 2. The topological polar surface area (TPSA) is 78.4 Å². The zero-order chi connectivity index (χ0) is 24.2. The fraction of sp³-hybridized carbons (Fsp3) is 0.423. The highest BCUT2D eigenvalue weighted by atomic mass is 32.1. The number of benzene rings is 2. The molecule has 8 nitrogen and oxygen atoms in total. The molecule has 2 heterocycles. The molecule has 2 aliphatic rings. The molecule has 0 unspecified atom stereocenters. The minimum absolute atomic E-state index is 0.0554. The van der Waals surface area contributed by atoms with Gasteiger partial charge in [-0.2, -0.15) is 5.10 Å². The summed E-state index contributed by atoms with van der Waals surface area (Å²) in [6.45, 7) is 5.95. The van der Waals surface area contributed by atoms with E-state index in [0.717, 1.165) is 54.8 Å². The molecule has 2 fully saturated rings. The summed E-state index contributed by atoms with van der Waals surface area (Å²) in [7, 11) is 1.63. The van der Waals surface area contributed by atoms with E-state index in [1.165, 1.54) is 19.4 Å². The van der Waals surface area contributed by atoms with Crippen molar-refractivity contribution < 1.29 is 9.53 Å². The number of aromatic amines is 1. The maximum absolute atomic E-state index is 12.8. The van der Waals surface area contributed by atoms with Crippen LogP contribution in [0.15, 0.2) is 48.5 Å². The van der Waals surface area contributed by atoms with Crippen LogP contribution in [-0.4, -0.2) is 65.4 Å². The Labute approximate surface area is 210 Å². The van der Waals surface area contributed by atoms with Crippen LogP contribution in [0.4, 0.5) is 11.4 Å². The highest BCUT2D eigenvalue weighted by Gasteiger charge is 2.26. The second kappa shape index (κ2) is 10.6. The lowest BCUT2D eigenvalue weighted by molar-refractivity contribution is -0.116. The number of aromatic nitrogens is 3. The maximum atomic E-state index is 12.8. The number of nitrogens with zero attached hydrogens (tertiary/aromatic N) is 4. The third kappa shape index (κ3) is 5.91. The summed E-state index contributed by atoms with van der Waals surface area (Å²) in [5, 5.41) is 10.2. The molecule has 0 spiro atoms.